The molecule has 0 spiro atoms. The van der Waals surface area contributed by atoms with E-state index in [-0.39, 0.29) is 0 Å². The van der Waals surface area contributed by atoms with E-state index in [1.807, 2.05) is 22.6 Å². The van der Waals surface area contributed by atoms with Gasteiger partial charge in [-0.15, -0.1) is 0 Å². The molecule has 0 radical (unpaired) electrons. The summed E-state index contributed by atoms with van der Waals surface area (Å²) < 4.78 is 5.54. The largest absolute Gasteiger partial charge is 0.0919 e. The molecular formula is C10H8I2. The van der Waals surface area contributed by atoms with Crippen molar-refractivity contribution in [1.29, 1.82) is 0 Å². The van der Waals surface area contributed by atoms with E-state index >= 15 is 0 Å². The summed E-state index contributed by atoms with van der Waals surface area (Å²) in [6.07, 6.45) is 4.19. The van der Waals surface area contributed by atoms with Crippen molar-refractivity contribution < 1.29 is 0 Å². The zero-order valence-corrected chi connectivity index (χ0v) is 10.9. The van der Waals surface area contributed by atoms with Gasteiger partial charge in [0.1, 0.15) is 0 Å². The predicted octanol–water partition coefficient (Wildman–Crippen LogP) is 3.34. The zero-order valence-electron chi connectivity index (χ0n) is 6.58. The summed E-state index contributed by atoms with van der Waals surface area (Å²) >= 11 is 4.04. The fraction of sp³-hybridized carbons (Fsp3) is 0.400. The highest BCUT2D eigenvalue weighted by atomic mass is 127. The average molecular weight is 382 g/mol. The average Bonchev–Trinajstić information content (AvgIpc) is 2.10. The van der Waals surface area contributed by atoms with Crippen LogP contribution in [0.4, 0.5) is 0 Å². The zero-order chi connectivity index (χ0) is 9.07. The van der Waals surface area contributed by atoms with Crippen molar-refractivity contribution >= 4 is 45.2 Å². The van der Waals surface area contributed by atoms with E-state index in [0.717, 1.165) is 25.7 Å². The standard InChI is InChI=1S/C10H8I2/c11-9-7-5-3-1-2-4-6-8-10-12/h1-3,5H2. The van der Waals surface area contributed by atoms with E-state index in [9.17, 15) is 0 Å². The van der Waals surface area contributed by atoms with Crippen molar-refractivity contribution in [2.45, 2.75) is 25.7 Å². The van der Waals surface area contributed by atoms with Crippen LogP contribution in [-0.4, -0.2) is 0 Å². The molecule has 0 saturated heterocycles. The monoisotopic (exact) mass is 382 g/mol. The summed E-state index contributed by atoms with van der Waals surface area (Å²) in [6, 6.07) is 0. The number of halogens is 2. The first-order valence-electron chi connectivity index (χ1n) is 3.59. The lowest BCUT2D eigenvalue weighted by atomic mass is 10.2. The van der Waals surface area contributed by atoms with E-state index in [4.69, 9.17) is 0 Å². The second-order valence-corrected chi connectivity index (χ2v) is 3.08. The van der Waals surface area contributed by atoms with Crippen LogP contribution in [0.5, 0.6) is 0 Å². The number of unbranched alkanes of at least 4 members (excludes halogenated alkanes) is 3. The Bertz CT molecular complexity index is 272. The molecule has 0 heterocycles. The summed E-state index contributed by atoms with van der Waals surface area (Å²) in [5.74, 6) is 11.5. The Labute approximate surface area is 102 Å². The van der Waals surface area contributed by atoms with E-state index < -0.39 is 0 Å². The van der Waals surface area contributed by atoms with E-state index in [1.165, 1.54) is 0 Å². The molecule has 0 rings (SSSR count). The molecule has 0 atom stereocenters. The van der Waals surface area contributed by atoms with Crippen molar-refractivity contribution in [2.24, 2.45) is 0 Å². The maximum Gasteiger partial charge on any atom is 0.0192 e. The fourth-order valence-electron chi connectivity index (χ4n) is 0.604. The number of rotatable bonds is 3. The van der Waals surface area contributed by atoms with Gasteiger partial charge in [-0.25, -0.2) is 0 Å². The van der Waals surface area contributed by atoms with Crippen molar-refractivity contribution in [3.8, 4) is 31.5 Å². The van der Waals surface area contributed by atoms with Gasteiger partial charge in [-0.3, -0.25) is 0 Å². The van der Waals surface area contributed by atoms with E-state index in [0.29, 0.717) is 0 Å². The molecule has 12 heavy (non-hydrogen) atoms. The number of hydrogen-bond donors (Lipinski definition) is 0. The van der Waals surface area contributed by atoms with Crippen LogP contribution in [-0.2, 0) is 0 Å². The van der Waals surface area contributed by atoms with Gasteiger partial charge in [0.25, 0.3) is 0 Å². The van der Waals surface area contributed by atoms with Crippen LogP contribution < -0.4 is 0 Å². The van der Waals surface area contributed by atoms with Crippen molar-refractivity contribution in [3.05, 3.63) is 0 Å². The Morgan fingerprint density at radius 1 is 0.750 bits per heavy atom. The SMILES string of the molecule is IC#CC#CCCCCC#CI. The molecule has 0 N–H and O–H groups in total. The van der Waals surface area contributed by atoms with Crippen molar-refractivity contribution in [1.82, 2.24) is 0 Å². The smallest absolute Gasteiger partial charge is 0.0192 e. The first-order valence-corrected chi connectivity index (χ1v) is 5.74. The molecule has 2 heteroatoms. The van der Waals surface area contributed by atoms with Gasteiger partial charge in [-0.05, 0) is 32.5 Å². The van der Waals surface area contributed by atoms with Gasteiger partial charge in [-0.2, -0.15) is 0 Å². The second kappa shape index (κ2) is 11.1. The second-order valence-electron chi connectivity index (χ2n) is 2.00. The molecule has 0 nitrogen and oxygen atoms in total. The Kier molecular flexibility index (Phi) is 11.3. The normalized spacial score (nSPS) is 6.50. The molecule has 0 saturated carbocycles. The molecule has 0 aromatic rings. The lowest BCUT2D eigenvalue weighted by molar-refractivity contribution is 0.783. The maximum absolute atomic E-state index is 3.01. The number of hydrogen-bond acceptors (Lipinski definition) is 0. The minimum absolute atomic E-state index is 0.939. The summed E-state index contributed by atoms with van der Waals surface area (Å²) in [5, 5.41) is 0. The van der Waals surface area contributed by atoms with Gasteiger partial charge in [0.15, 0.2) is 0 Å². The summed E-state index contributed by atoms with van der Waals surface area (Å²) in [5.41, 5.74) is 0. The third kappa shape index (κ3) is 10.1. The van der Waals surface area contributed by atoms with Gasteiger partial charge >= 0.3 is 0 Å². The molecule has 0 aromatic carbocycles. The Morgan fingerprint density at radius 3 is 2.00 bits per heavy atom. The van der Waals surface area contributed by atoms with Crippen LogP contribution in [0.3, 0.4) is 0 Å². The highest BCUT2D eigenvalue weighted by Crippen LogP contribution is 1.97. The maximum atomic E-state index is 3.01. The third-order valence-electron chi connectivity index (χ3n) is 1.12. The Morgan fingerprint density at radius 2 is 1.42 bits per heavy atom. The Hall–Kier alpha value is 0.140. The predicted molar refractivity (Wildman–Crippen MR) is 69.8 cm³/mol. The summed E-state index contributed by atoms with van der Waals surface area (Å²) in [4.78, 5) is 0. The lowest BCUT2D eigenvalue weighted by Crippen LogP contribution is -1.72. The Balaban J connectivity index is 3.25. The molecular weight excluding hydrogens is 374 g/mol. The van der Waals surface area contributed by atoms with Gasteiger partial charge in [0.2, 0.25) is 0 Å². The van der Waals surface area contributed by atoms with Gasteiger partial charge in [-0.1, -0.05) is 11.8 Å². The van der Waals surface area contributed by atoms with Crippen LogP contribution in [0.1, 0.15) is 25.7 Å². The summed E-state index contributed by atoms with van der Waals surface area (Å²) in [7, 11) is 0. The fourth-order valence-corrected chi connectivity index (χ4v) is 1.01. The van der Waals surface area contributed by atoms with Crippen LogP contribution in [0.2, 0.25) is 0 Å². The molecule has 62 valence electrons. The quantitative estimate of drug-likeness (QED) is 0.399. The minimum atomic E-state index is 0.939. The van der Waals surface area contributed by atoms with E-state index in [2.05, 4.69) is 54.1 Å². The molecule has 0 aromatic heterocycles. The van der Waals surface area contributed by atoms with Crippen LogP contribution in [0.15, 0.2) is 0 Å². The summed E-state index contributed by atoms with van der Waals surface area (Å²) in [6.45, 7) is 0. The first kappa shape index (κ1) is 12.1. The van der Waals surface area contributed by atoms with Crippen LogP contribution in [0.25, 0.3) is 0 Å². The van der Waals surface area contributed by atoms with Crippen LogP contribution in [0, 0.1) is 31.5 Å². The molecule has 0 aliphatic rings. The van der Waals surface area contributed by atoms with Crippen molar-refractivity contribution in [3.63, 3.8) is 0 Å². The molecule has 0 aliphatic carbocycles. The molecule has 0 fully saturated rings. The minimum Gasteiger partial charge on any atom is -0.0919 e. The third-order valence-corrected chi connectivity index (χ3v) is 1.77. The molecule has 0 aliphatic heterocycles. The molecule has 0 amide bonds. The van der Waals surface area contributed by atoms with Crippen LogP contribution >= 0.6 is 45.2 Å². The molecule has 0 unspecified atom stereocenters. The molecule has 0 bridgehead atoms. The lowest BCUT2D eigenvalue weighted by Gasteiger charge is -1.86. The van der Waals surface area contributed by atoms with Crippen molar-refractivity contribution in [2.75, 3.05) is 0 Å². The topological polar surface area (TPSA) is 0 Å². The van der Waals surface area contributed by atoms with Gasteiger partial charge in [0, 0.05) is 58.0 Å². The van der Waals surface area contributed by atoms with E-state index in [1.54, 1.807) is 0 Å². The highest BCUT2D eigenvalue weighted by molar-refractivity contribution is 14.1. The highest BCUT2D eigenvalue weighted by Gasteiger charge is 1.81. The first-order chi connectivity index (χ1) is 5.91. The van der Waals surface area contributed by atoms with Gasteiger partial charge in [0.05, 0.1) is 0 Å². The van der Waals surface area contributed by atoms with Gasteiger partial charge < -0.3 is 0 Å².